The first kappa shape index (κ1) is 39.3. The summed E-state index contributed by atoms with van der Waals surface area (Å²) in [6.45, 7) is 4.74. The highest BCUT2D eigenvalue weighted by molar-refractivity contribution is 6.16. The van der Waals surface area contributed by atoms with Gasteiger partial charge in [0, 0.05) is 22.4 Å². The fraction of sp³-hybridized carbons (Fsp3) is 0.0462. The normalized spacial score (nSPS) is 12.5. The van der Waals surface area contributed by atoms with Gasteiger partial charge in [-0.2, -0.15) is 0 Å². The van der Waals surface area contributed by atoms with Crippen molar-refractivity contribution in [2.24, 2.45) is 0 Å². The zero-order valence-electron chi connectivity index (χ0n) is 37.1. The van der Waals surface area contributed by atoms with E-state index in [4.69, 9.17) is 0 Å². The van der Waals surface area contributed by atoms with E-state index < -0.39 is 0 Å². The van der Waals surface area contributed by atoms with Gasteiger partial charge in [-0.1, -0.05) is 226 Å². The zero-order valence-corrected chi connectivity index (χ0v) is 37.1. The lowest BCUT2D eigenvalue weighted by Gasteiger charge is -2.31. The number of benzene rings is 11. The Morgan fingerprint density at radius 2 is 0.758 bits per heavy atom. The summed E-state index contributed by atoms with van der Waals surface area (Å²) in [6, 6.07) is 91.6. The number of hydrogen-bond donors (Lipinski definition) is 0. The van der Waals surface area contributed by atoms with Crippen molar-refractivity contribution in [2.75, 3.05) is 4.90 Å². The van der Waals surface area contributed by atoms with Crippen LogP contribution in [0.4, 0.5) is 17.1 Å². The van der Waals surface area contributed by atoms with Crippen LogP contribution >= 0.6 is 0 Å². The molecule has 312 valence electrons. The Kier molecular flexibility index (Phi) is 9.58. The van der Waals surface area contributed by atoms with Crippen molar-refractivity contribution in [1.29, 1.82) is 0 Å². The Balaban J connectivity index is 1.09. The van der Waals surface area contributed by atoms with Gasteiger partial charge in [-0.25, -0.2) is 0 Å². The maximum atomic E-state index is 2.50. The average molecular weight is 842 g/mol. The van der Waals surface area contributed by atoms with Gasteiger partial charge >= 0.3 is 0 Å². The van der Waals surface area contributed by atoms with Crippen LogP contribution in [0.15, 0.2) is 249 Å². The van der Waals surface area contributed by atoms with Gasteiger partial charge in [0.1, 0.15) is 0 Å². The fourth-order valence-corrected chi connectivity index (χ4v) is 10.5. The Hall–Kier alpha value is -8.26. The van der Waals surface area contributed by atoms with E-state index in [0.717, 1.165) is 17.1 Å². The van der Waals surface area contributed by atoms with Crippen LogP contribution in [0.25, 0.3) is 88.3 Å². The molecule has 0 amide bonds. The minimum Gasteiger partial charge on any atom is -0.310 e. The number of nitrogens with zero attached hydrogens (tertiary/aromatic N) is 1. The van der Waals surface area contributed by atoms with Crippen molar-refractivity contribution in [3.05, 3.63) is 260 Å². The second-order valence-electron chi connectivity index (χ2n) is 18.1. The largest absolute Gasteiger partial charge is 0.310 e. The third-order valence-electron chi connectivity index (χ3n) is 13.9. The summed E-state index contributed by atoms with van der Waals surface area (Å²) in [4.78, 5) is 2.50. The van der Waals surface area contributed by atoms with Gasteiger partial charge in [-0.15, -0.1) is 0 Å². The van der Waals surface area contributed by atoms with Crippen LogP contribution < -0.4 is 4.90 Å². The molecular weight excluding hydrogens is 795 g/mol. The van der Waals surface area contributed by atoms with Gasteiger partial charge in [-0.05, 0) is 130 Å². The molecule has 0 saturated heterocycles. The molecule has 0 unspecified atom stereocenters. The highest BCUT2D eigenvalue weighted by Gasteiger charge is 2.36. The molecule has 1 heteroatoms. The average Bonchev–Trinajstić information content (AvgIpc) is 3.62. The second kappa shape index (κ2) is 16.1. The lowest BCUT2D eigenvalue weighted by molar-refractivity contribution is 0.660. The number of anilines is 3. The highest BCUT2D eigenvalue weighted by Crippen LogP contribution is 2.53. The smallest absolute Gasteiger partial charge is 0.0546 e. The first-order valence-corrected chi connectivity index (χ1v) is 23.0. The van der Waals surface area contributed by atoms with Gasteiger partial charge in [0.2, 0.25) is 0 Å². The van der Waals surface area contributed by atoms with Crippen LogP contribution in [-0.4, -0.2) is 0 Å². The van der Waals surface area contributed by atoms with Crippen LogP contribution in [0.5, 0.6) is 0 Å². The molecular formula is C65H47N. The van der Waals surface area contributed by atoms with Gasteiger partial charge < -0.3 is 4.90 Å². The summed E-state index contributed by atoms with van der Waals surface area (Å²) in [6.07, 6.45) is 0. The molecule has 1 aliphatic rings. The van der Waals surface area contributed by atoms with E-state index in [9.17, 15) is 0 Å². The van der Waals surface area contributed by atoms with E-state index in [1.54, 1.807) is 0 Å². The van der Waals surface area contributed by atoms with Crippen molar-refractivity contribution in [2.45, 2.75) is 19.3 Å². The van der Waals surface area contributed by atoms with Gasteiger partial charge in [0.05, 0.1) is 5.69 Å². The maximum Gasteiger partial charge on any atom is 0.0546 e. The summed E-state index contributed by atoms with van der Waals surface area (Å²) in [7, 11) is 0. The molecule has 11 aromatic rings. The first-order chi connectivity index (χ1) is 32.5. The number of rotatable bonds is 8. The molecule has 12 rings (SSSR count). The Labute approximate surface area is 387 Å². The summed E-state index contributed by atoms with van der Waals surface area (Å²) >= 11 is 0. The van der Waals surface area contributed by atoms with E-state index in [1.807, 2.05) is 0 Å². The van der Waals surface area contributed by atoms with E-state index in [2.05, 4.69) is 267 Å². The summed E-state index contributed by atoms with van der Waals surface area (Å²) < 4.78 is 0. The van der Waals surface area contributed by atoms with Crippen LogP contribution in [0.2, 0.25) is 0 Å². The zero-order chi connectivity index (χ0) is 44.2. The third kappa shape index (κ3) is 6.71. The van der Waals surface area contributed by atoms with Crippen molar-refractivity contribution < 1.29 is 0 Å². The van der Waals surface area contributed by atoms with E-state index in [1.165, 1.54) is 99.4 Å². The highest BCUT2D eigenvalue weighted by atomic mass is 15.1. The standard InChI is InChI=1S/C65H47N/c1-65(2)61-26-14-13-24-58(61)59-41-40-53(43-62(59)65)66(52-38-36-49(37-39-52)48-30-28-46(29-31-48)44-16-5-3-6-17-44)63-27-15-25-55(50-34-32-47(33-35-50)45-18-7-4-8-19-45)64(63)60-42-51-20-9-10-21-54(51)56-22-11-12-23-57(56)60/h3-43H,1-2H3. The number of fused-ring (bicyclic) bond motifs is 6. The van der Waals surface area contributed by atoms with Crippen LogP contribution in [0.1, 0.15) is 25.0 Å². The quantitative estimate of drug-likeness (QED) is 0.138. The monoisotopic (exact) mass is 841 g/mol. The maximum absolute atomic E-state index is 2.50. The molecule has 0 N–H and O–H groups in total. The molecule has 1 aliphatic carbocycles. The van der Waals surface area contributed by atoms with Crippen molar-refractivity contribution >= 4 is 38.6 Å². The van der Waals surface area contributed by atoms with E-state index in [0.29, 0.717) is 0 Å². The predicted molar refractivity (Wildman–Crippen MR) is 281 cm³/mol. The summed E-state index contributed by atoms with van der Waals surface area (Å²) in [5, 5.41) is 4.95. The van der Waals surface area contributed by atoms with Crippen molar-refractivity contribution in [3.63, 3.8) is 0 Å². The SMILES string of the molecule is CC1(C)c2ccccc2-c2ccc(N(c3ccc(-c4ccc(-c5ccccc5)cc4)cc3)c3cccc(-c4ccc(-c5ccccc5)cc4)c3-c3cc4ccccc4c4ccccc34)cc21. The Bertz CT molecular complexity index is 3570. The molecule has 1 nitrogen and oxygen atoms in total. The predicted octanol–water partition coefficient (Wildman–Crippen LogP) is 18.1. The van der Waals surface area contributed by atoms with Crippen LogP contribution in [-0.2, 0) is 5.41 Å². The lowest BCUT2D eigenvalue weighted by atomic mass is 9.82. The van der Waals surface area contributed by atoms with Crippen molar-refractivity contribution in [3.8, 4) is 66.8 Å². The van der Waals surface area contributed by atoms with Gasteiger partial charge in [0.25, 0.3) is 0 Å². The Morgan fingerprint density at radius 3 is 1.41 bits per heavy atom. The third-order valence-corrected chi connectivity index (χ3v) is 13.9. The Morgan fingerprint density at radius 1 is 0.288 bits per heavy atom. The molecule has 0 aromatic heterocycles. The summed E-state index contributed by atoms with van der Waals surface area (Å²) in [5.74, 6) is 0. The fourth-order valence-electron chi connectivity index (χ4n) is 10.5. The lowest BCUT2D eigenvalue weighted by Crippen LogP contribution is -2.17. The molecule has 66 heavy (non-hydrogen) atoms. The molecule has 11 aromatic carbocycles. The molecule has 0 fully saturated rings. The van der Waals surface area contributed by atoms with Crippen LogP contribution in [0, 0.1) is 0 Å². The molecule has 0 radical (unpaired) electrons. The molecule has 0 bridgehead atoms. The van der Waals surface area contributed by atoms with E-state index in [-0.39, 0.29) is 5.41 Å². The minimum atomic E-state index is -0.164. The topological polar surface area (TPSA) is 3.24 Å². The number of hydrogen-bond acceptors (Lipinski definition) is 1. The first-order valence-electron chi connectivity index (χ1n) is 23.0. The minimum absolute atomic E-state index is 0.164. The van der Waals surface area contributed by atoms with Crippen molar-refractivity contribution in [1.82, 2.24) is 0 Å². The van der Waals surface area contributed by atoms with Gasteiger partial charge in [-0.3, -0.25) is 0 Å². The molecule has 0 saturated carbocycles. The second-order valence-corrected chi connectivity index (χ2v) is 18.1. The molecule has 0 heterocycles. The molecule has 0 spiro atoms. The summed E-state index contributed by atoms with van der Waals surface area (Å²) in [5.41, 5.74) is 20.5. The van der Waals surface area contributed by atoms with Crippen LogP contribution in [0.3, 0.4) is 0 Å². The van der Waals surface area contributed by atoms with Gasteiger partial charge in [0.15, 0.2) is 0 Å². The molecule has 0 atom stereocenters. The molecule has 0 aliphatic heterocycles. The van der Waals surface area contributed by atoms with E-state index >= 15 is 0 Å².